The number of nitrogens with zero attached hydrogens (tertiary/aromatic N) is 1. The van der Waals surface area contributed by atoms with Crippen LogP contribution >= 0.6 is 24.0 Å². The minimum absolute atomic E-state index is 0. The number of nitrogens with one attached hydrogen (secondary N) is 3. The Hall–Kier alpha value is -2.04. The summed E-state index contributed by atoms with van der Waals surface area (Å²) in [5.41, 5.74) is 4.49. The third-order valence-electron chi connectivity index (χ3n) is 4.49. The molecule has 0 heterocycles. The number of halogens is 1. The number of aryl methyl sites for hydroxylation is 1. The number of aliphatic imine (C=N–C) groups is 1. The predicted octanol–water partition coefficient (Wildman–Crippen LogP) is 3.56. The maximum atomic E-state index is 5.86. The van der Waals surface area contributed by atoms with Gasteiger partial charge in [0, 0.05) is 52.2 Å². The molecular formula is C23H35IN4O3. The molecule has 0 aliphatic heterocycles. The number of ether oxygens (including phenoxy) is 3. The quantitative estimate of drug-likeness (QED) is 0.165. The van der Waals surface area contributed by atoms with Gasteiger partial charge in [0.2, 0.25) is 0 Å². The van der Waals surface area contributed by atoms with E-state index in [4.69, 9.17) is 14.2 Å². The largest absolute Gasteiger partial charge is 0.491 e. The first-order valence-electron chi connectivity index (χ1n) is 10.1. The Labute approximate surface area is 203 Å². The molecule has 3 N–H and O–H groups in total. The van der Waals surface area contributed by atoms with Crippen LogP contribution < -0.4 is 20.7 Å². The van der Waals surface area contributed by atoms with Gasteiger partial charge in [-0.3, -0.25) is 4.99 Å². The van der Waals surface area contributed by atoms with Crippen molar-refractivity contribution in [1.29, 1.82) is 0 Å². The molecule has 8 heteroatoms. The van der Waals surface area contributed by atoms with Gasteiger partial charge in [0.15, 0.2) is 5.96 Å². The summed E-state index contributed by atoms with van der Waals surface area (Å²) < 4.78 is 16.0. The Morgan fingerprint density at radius 1 is 0.903 bits per heavy atom. The molecule has 0 amide bonds. The summed E-state index contributed by atoms with van der Waals surface area (Å²) in [4.78, 5) is 4.32. The van der Waals surface area contributed by atoms with Crippen LogP contribution in [-0.4, -0.2) is 53.6 Å². The van der Waals surface area contributed by atoms with Crippen molar-refractivity contribution >= 4 is 35.6 Å². The van der Waals surface area contributed by atoms with Crippen LogP contribution in [0.25, 0.3) is 0 Å². The van der Waals surface area contributed by atoms with Crippen LogP contribution in [0.3, 0.4) is 0 Å². The Kier molecular flexibility index (Phi) is 13.7. The van der Waals surface area contributed by atoms with Gasteiger partial charge in [-0.1, -0.05) is 24.3 Å². The van der Waals surface area contributed by atoms with Gasteiger partial charge >= 0.3 is 0 Å². The monoisotopic (exact) mass is 542 g/mol. The Morgan fingerprint density at radius 2 is 1.61 bits per heavy atom. The molecule has 7 nitrogen and oxygen atoms in total. The molecule has 172 valence electrons. The smallest absolute Gasteiger partial charge is 0.191 e. The van der Waals surface area contributed by atoms with Crippen molar-refractivity contribution in [2.45, 2.75) is 20.0 Å². The normalized spacial score (nSPS) is 10.9. The fourth-order valence-electron chi connectivity index (χ4n) is 2.80. The van der Waals surface area contributed by atoms with Crippen LogP contribution in [0.5, 0.6) is 5.75 Å². The maximum absolute atomic E-state index is 5.86. The minimum Gasteiger partial charge on any atom is -0.491 e. The van der Waals surface area contributed by atoms with Crippen LogP contribution in [-0.2, 0) is 22.6 Å². The number of benzene rings is 2. The highest BCUT2D eigenvalue weighted by molar-refractivity contribution is 14.0. The van der Waals surface area contributed by atoms with Gasteiger partial charge in [-0.05, 0) is 36.2 Å². The molecule has 0 unspecified atom stereocenters. The lowest BCUT2D eigenvalue weighted by Crippen LogP contribution is -2.36. The summed E-state index contributed by atoms with van der Waals surface area (Å²) in [5.74, 6) is 1.60. The van der Waals surface area contributed by atoms with Gasteiger partial charge in [-0.15, -0.1) is 24.0 Å². The zero-order valence-electron chi connectivity index (χ0n) is 18.9. The standard InChI is InChI=1S/C23H34N4O3.HI/c1-18-5-8-20(22(15-18)30-14-13-29-4)17-27-23(24-2)26-16-19-6-9-21(10-7-19)25-11-12-28-3;/h5-10,15,25H,11-14,16-17H2,1-4H3,(H2,24,26,27);1H. The van der Waals surface area contributed by atoms with Gasteiger partial charge in [-0.25, -0.2) is 0 Å². The van der Waals surface area contributed by atoms with E-state index in [1.165, 1.54) is 5.56 Å². The molecule has 0 fully saturated rings. The van der Waals surface area contributed by atoms with Crippen molar-refractivity contribution in [2.24, 2.45) is 4.99 Å². The zero-order chi connectivity index (χ0) is 21.6. The third kappa shape index (κ3) is 10.2. The van der Waals surface area contributed by atoms with E-state index in [0.717, 1.165) is 35.1 Å². The van der Waals surface area contributed by atoms with E-state index in [-0.39, 0.29) is 24.0 Å². The molecule has 0 radical (unpaired) electrons. The molecular weight excluding hydrogens is 507 g/mol. The lowest BCUT2D eigenvalue weighted by Gasteiger charge is -2.15. The number of anilines is 1. The van der Waals surface area contributed by atoms with E-state index in [1.807, 2.05) is 6.07 Å². The van der Waals surface area contributed by atoms with Crippen LogP contribution in [0.15, 0.2) is 47.5 Å². The topological polar surface area (TPSA) is 76.1 Å². The summed E-state index contributed by atoms with van der Waals surface area (Å²) >= 11 is 0. The summed E-state index contributed by atoms with van der Waals surface area (Å²) in [6.07, 6.45) is 0. The Morgan fingerprint density at radius 3 is 2.29 bits per heavy atom. The van der Waals surface area contributed by atoms with E-state index in [1.54, 1.807) is 21.3 Å². The van der Waals surface area contributed by atoms with Crippen molar-refractivity contribution in [3.8, 4) is 5.75 Å². The van der Waals surface area contributed by atoms with Gasteiger partial charge < -0.3 is 30.2 Å². The maximum Gasteiger partial charge on any atom is 0.191 e. The Balaban J connectivity index is 0.00000480. The van der Waals surface area contributed by atoms with Crippen LogP contribution in [0.1, 0.15) is 16.7 Å². The summed E-state index contributed by atoms with van der Waals surface area (Å²) in [5, 5.41) is 10.0. The molecule has 0 saturated carbocycles. The van der Waals surface area contributed by atoms with Crippen molar-refractivity contribution in [3.05, 3.63) is 59.2 Å². The number of methoxy groups -OCH3 is 2. The first kappa shape index (κ1) is 27.0. The third-order valence-corrected chi connectivity index (χ3v) is 4.49. The number of rotatable bonds is 12. The number of hydrogen-bond donors (Lipinski definition) is 3. The summed E-state index contributed by atoms with van der Waals surface area (Å²) in [6.45, 7) is 5.92. The molecule has 0 aromatic heterocycles. The van der Waals surface area contributed by atoms with Crippen LogP contribution in [0.2, 0.25) is 0 Å². The highest BCUT2D eigenvalue weighted by Crippen LogP contribution is 2.20. The second-order valence-electron chi connectivity index (χ2n) is 6.85. The van der Waals surface area contributed by atoms with E-state index < -0.39 is 0 Å². The lowest BCUT2D eigenvalue weighted by atomic mass is 10.1. The first-order chi connectivity index (χ1) is 14.7. The van der Waals surface area contributed by atoms with Crippen LogP contribution in [0, 0.1) is 6.92 Å². The van der Waals surface area contributed by atoms with E-state index in [9.17, 15) is 0 Å². The van der Waals surface area contributed by atoms with Crippen LogP contribution in [0.4, 0.5) is 5.69 Å². The molecule has 2 rings (SSSR count). The number of hydrogen-bond acceptors (Lipinski definition) is 5. The fraction of sp³-hybridized carbons (Fsp3) is 0.435. The fourth-order valence-corrected chi connectivity index (χ4v) is 2.80. The van der Waals surface area contributed by atoms with E-state index >= 15 is 0 Å². The SMILES string of the molecule is CN=C(NCc1ccc(NCCOC)cc1)NCc1ccc(C)cc1OCCOC.I. The molecule has 0 saturated heterocycles. The van der Waals surface area contributed by atoms with Crippen molar-refractivity contribution < 1.29 is 14.2 Å². The molecule has 2 aromatic rings. The molecule has 0 bridgehead atoms. The van der Waals surface area contributed by atoms with Gasteiger partial charge in [0.1, 0.15) is 12.4 Å². The van der Waals surface area contributed by atoms with Crippen molar-refractivity contribution in [3.63, 3.8) is 0 Å². The second kappa shape index (κ2) is 15.7. The predicted molar refractivity (Wildman–Crippen MR) is 138 cm³/mol. The summed E-state index contributed by atoms with van der Waals surface area (Å²) in [6, 6.07) is 14.5. The zero-order valence-corrected chi connectivity index (χ0v) is 21.2. The summed E-state index contributed by atoms with van der Waals surface area (Å²) in [7, 11) is 5.14. The molecule has 0 atom stereocenters. The molecule has 0 aliphatic rings. The average Bonchev–Trinajstić information content (AvgIpc) is 2.76. The molecule has 31 heavy (non-hydrogen) atoms. The van der Waals surface area contributed by atoms with Gasteiger partial charge in [0.05, 0.1) is 13.2 Å². The van der Waals surface area contributed by atoms with E-state index in [0.29, 0.717) is 32.9 Å². The molecule has 2 aromatic carbocycles. The van der Waals surface area contributed by atoms with Crippen molar-refractivity contribution in [1.82, 2.24) is 10.6 Å². The van der Waals surface area contributed by atoms with E-state index in [2.05, 4.69) is 64.3 Å². The van der Waals surface area contributed by atoms with Crippen molar-refractivity contribution in [2.75, 3.05) is 52.9 Å². The average molecular weight is 542 g/mol. The van der Waals surface area contributed by atoms with Gasteiger partial charge in [-0.2, -0.15) is 0 Å². The molecule has 0 spiro atoms. The van der Waals surface area contributed by atoms with Gasteiger partial charge in [0.25, 0.3) is 0 Å². The second-order valence-corrected chi connectivity index (χ2v) is 6.85. The minimum atomic E-state index is 0. The highest BCUT2D eigenvalue weighted by Gasteiger charge is 2.06. The Bertz CT molecular complexity index is 785. The number of guanidine groups is 1. The highest BCUT2D eigenvalue weighted by atomic mass is 127. The lowest BCUT2D eigenvalue weighted by molar-refractivity contribution is 0.145. The first-order valence-corrected chi connectivity index (χ1v) is 10.1. The molecule has 0 aliphatic carbocycles.